The molecule has 1 aliphatic heterocycles. The second kappa shape index (κ2) is 4.77. The van der Waals surface area contributed by atoms with Crippen molar-refractivity contribution < 1.29 is 0 Å². The highest BCUT2D eigenvalue weighted by Crippen LogP contribution is 2.26. The molecule has 90 valence electrons. The van der Waals surface area contributed by atoms with Gasteiger partial charge in [0.15, 0.2) is 0 Å². The van der Waals surface area contributed by atoms with Gasteiger partial charge in [0.05, 0.1) is 11.3 Å². The minimum atomic E-state index is 0.260. The van der Waals surface area contributed by atoms with Crippen LogP contribution in [0.5, 0.6) is 0 Å². The predicted molar refractivity (Wildman–Crippen MR) is 69.9 cm³/mol. The fourth-order valence-corrected chi connectivity index (χ4v) is 2.24. The van der Waals surface area contributed by atoms with E-state index < -0.39 is 0 Å². The zero-order chi connectivity index (χ0) is 12.4. The normalized spacial score (nSPS) is 15.8. The van der Waals surface area contributed by atoms with E-state index in [0.717, 1.165) is 30.8 Å². The molecule has 0 saturated carbocycles. The Kier molecular flexibility index (Phi) is 3.35. The Bertz CT molecular complexity index is 439. The van der Waals surface area contributed by atoms with Gasteiger partial charge in [-0.05, 0) is 30.0 Å². The van der Waals surface area contributed by atoms with Crippen LogP contribution in [0.4, 0.5) is 5.69 Å². The molecule has 3 nitrogen and oxygen atoms in total. The Balaban J connectivity index is 2.24. The summed E-state index contributed by atoms with van der Waals surface area (Å²) in [6.07, 6.45) is 1.05. The number of rotatable bonds is 3. The smallest absolute Gasteiger partial charge is 0.101 e. The van der Waals surface area contributed by atoms with E-state index in [1.165, 1.54) is 5.56 Å². The van der Waals surface area contributed by atoms with Gasteiger partial charge in [-0.1, -0.05) is 19.9 Å². The molecular weight excluding hydrogens is 210 g/mol. The lowest BCUT2D eigenvalue weighted by atomic mass is 9.98. The van der Waals surface area contributed by atoms with Crippen molar-refractivity contribution in [3.05, 3.63) is 29.3 Å². The average molecular weight is 229 g/mol. The van der Waals surface area contributed by atoms with E-state index in [1.807, 2.05) is 6.07 Å². The third-order valence-corrected chi connectivity index (χ3v) is 3.08. The molecule has 0 bridgehead atoms. The van der Waals surface area contributed by atoms with Gasteiger partial charge in [0.2, 0.25) is 0 Å². The highest BCUT2D eigenvalue weighted by atomic mass is 15.2. The van der Waals surface area contributed by atoms with Crippen molar-refractivity contribution in [3.63, 3.8) is 0 Å². The van der Waals surface area contributed by atoms with Crippen molar-refractivity contribution in [3.8, 4) is 6.07 Å². The predicted octanol–water partition coefficient (Wildman–Crippen LogP) is 1.90. The topological polar surface area (TPSA) is 53.0 Å². The van der Waals surface area contributed by atoms with E-state index in [2.05, 4.69) is 36.9 Å². The fraction of sp³-hybridized carbons (Fsp3) is 0.500. The van der Waals surface area contributed by atoms with Gasteiger partial charge in [0, 0.05) is 19.1 Å². The summed E-state index contributed by atoms with van der Waals surface area (Å²) in [4.78, 5) is 2.19. The summed E-state index contributed by atoms with van der Waals surface area (Å²) >= 11 is 0. The Hall–Kier alpha value is -1.53. The van der Waals surface area contributed by atoms with Gasteiger partial charge in [0.1, 0.15) is 6.07 Å². The number of anilines is 1. The molecule has 1 saturated heterocycles. The third-order valence-electron chi connectivity index (χ3n) is 3.08. The van der Waals surface area contributed by atoms with Crippen LogP contribution in [0.2, 0.25) is 0 Å². The van der Waals surface area contributed by atoms with E-state index in [1.54, 1.807) is 0 Å². The van der Waals surface area contributed by atoms with Crippen LogP contribution in [-0.2, 0) is 6.42 Å². The molecule has 0 radical (unpaired) electrons. The minimum Gasteiger partial charge on any atom is -0.367 e. The molecule has 0 aliphatic carbocycles. The van der Waals surface area contributed by atoms with E-state index in [-0.39, 0.29) is 6.04 Å². The Morgan fingerprint density at radius 3 is 2.71 bits per heavy atom. The van der Waals surface area contributed by atoms with E-state index in [9.17, 15) is 0 Å². The van der Waals surface area contributed by atoms with Crippen molar-refractivity contribution >= 4 is 5.69 Å². The molecular formula is C14H19N3. The molecule has 17 heavy (non-hydrogen) atoms. The molecule has 0 atom stereocenters. The van der Waals surface area contributed by atoms with Crippen molar-refractivity contribution in [1.82, 2.24) is 0 Å². The molecule has 0 amide bonds. The maximum atomic E-state index is 9.12. The van der Waals surface area contributed by atoms with Crippen molar-refractivity contribution in [2.75, 3.05) is 18.0 Å². The molecule has 1 heterocycles. The largest absolute Gasteiger partial charge is 0.367 e. The van der Waals surface area contributed by atoms with Gasteiger partial charge in [-0.15, -0.1) is 0 Å². The van der Waals surface area contributed by atoms with Crippen LogP contribution in [-0.4, -0.2) is 19.1 Å². The molecule has 0 aromatic heterocycles. The summed E-state index contributed by atoms with van der Waals surface area (Å²) < 4.78 is 0. The minimum absolute atomic E-state index is 0.260. The highest BCUT2D eigenvalue weighted by Gasteiger charge is 2.25. The lowest BCUT2D eigenvalue weighted by Crippen LogP contribution is -2.56. The van der Waals surface area contributed by atoms with Crippen molar-refractivity contribution in [1.29, 1.82) is 5.26 Å². The van der Waals surface area contributed by atoms with Crippen LogP contribution in [0.25, 0.3) is 0 Å². The first kappa shape index (κ1) is 11.9. The monoisotopic (exact) mass is 229 g/mol. The van der Waals surface area contributed by atoms with Gasteiger partial charge in [0.25, 0.3) is 0 Å². The van der Waals surface area contributed by atoms with Crippen molar-refractivity contribution in [2.24, 2.45) is 11.7 Å². The molecule has 1 aromatic rings. The molecule has 1 aromatic carbocycles. The Morgan fingerprint density at radius 2 is 2.18 bits per heavy atom. The molecule has 3 heteroatoms. The van der Waals surface area contributed by atoms with E-state index >= 15 is 0 Å². The lowest BCUT2D eigenvalue weighted by Gasteiger charge is -2.39. The summed E-state index contributed by atoms with van der Waals surface area (Å²) in [6.45, 7) is 6.13. The molecule has 1 aliphatic rings. The van der Waals surface area contributed by atoms with Gasteiger partial charge in [-0.2, -0.15) is 5.26 Å². The average Bonchev–Trinajstić information content (AvgIpc) is 2.24. The summed E-state index contributed by atoms with van der Waals surface area (Å²) in [5.74, 6) is 0.634. The first-order valence-electron chi connectivity index (χ1n) is 6.13. The van der Waals surface area contributed by atoms with Gasteiger partial charge < -0.3 is 10.6 Å². The first-order valence-corrected chi connectivity index (χ1v) is 6.13. The highest BCUT2D eigenvalue weighted by molar-refractivity contribution is 5.62. The Morgan fingerprint density at radius 1 is 1.47 bits per heavy atom. The molecule has 0 spiro atoms. The third kappa shape index (κ3) is 2.59. The molecule has 2 N–H and O–H groups in total. The summed E-state index contributed by atoms with van der Waals surface area (Å²) in [5, 5.41) is 9.12. The second-order valence-electron chi connectivity index (χ2n) is 5.23. The standard InChI is InChI=1S/C14H19N3/c1-10(2)5-11-3-4-12(7-15)14(6-11)17-8-13(16)9-17/h3-4,6,10,13H,5,8-9,16H2,1-2H3. The van der Waals surface area contributed by atoms with Gasteiger partial charge >= 0.3 is 0 Å². The number of nitrogens with two attached hydrogens (primary N) is 1. The van der Waals surface area contributed by atoms with Crippen LogP contribution in [0.15, 0.2) is 18.2 Å². The number of nitrogens with zero attached hydrogens (tertiary/aromatic N) is 2. The van der Waals surface area contributed by atoms with Gasteiger partial charge in [-0.25, -0.2) is 0 Å². The molecule has 2 rings (SSSR count). The molecule has 1 fully saturated rings. The number of hydrogen-bond donors (Lipinski definition) is 1. The number of hydrogen-bond acceptors (Lipinski definition) is 3. The second-order valence-corrected chi connectivity index (χ2v) is 5.23. The summed E-state index contributed by atoms with van der Waals surface area (Å²) in [7, 11) is 0. The van der Waals surface area contributed by atoms with Crippen LogP contribution in [0.1, 0.15) is 25.0 Å². The van der Waals surface area contributed by atoms with Gasteiger partial charge in [-0.3, -0.25) is 0 Å². The first-order chi connectivity index (χ1) is 8.10. The lowest BCUT2D eigenvalue weighted by molar-refractivity contribution is 0.519. The SMILES string of the molecule is CC(C)Cc1ccc(C#N)c(N2CC(N)C2)c1. The summed E-state index contributed by atoms with van der Waals surface area (Å²) in [5.41, 5.74) is 8.89. The quantitative estimate of drug-likeness (QED) is 0.861. The van der Waals surface area contributed by atoms with E-state index in [4.69, 9.17) is 11.0 Å². The molecule has 0 unspecified atom stereocenters. The van der Waals surface area contributed by atoms with Crippen LogP contribution in [0, 0.1) is 17.2 Å². The maximum Gasteiger partial charge on any atom is 0.101 e. The number of benzene rings is 1. The van der Waals surface area contributed by atoms with E-state index in [0.29, 0.717) is 5.92 Å². The zero-order valence-electron chi connectivity index (χ0n) is 10.5. The van der Waals surface area contributed by atoms with Crippen LogP contribution in [0.3, 0.4) is 0 Å². The van der Waals surface area contributed by atoms with Crippen LogP contribution >= 0.6 is 0 Å². The summed E-state index contributed by atoms with van der Waals surface area (Å²) in [6, 6.07) is 8.65. The van der Waals surface area contributed by atoms with Crippen LogP contribution < -0.4 is 10.6 Å². The maximum absolute atomic E-state index is 9.12. The van der Waals surface area contributed by atoms with Crippen molar-refractivity contribution in [2.45, 2.75) is 26.3 Å². The zero-order valence-corrected chi connectivity index (χ0v) is 10.5. The fourth-order valence-electron chi connectivity index (χ4n) is 2.24. The Labute approximate surface area is 103 Å². The number of nitriles is 1.